The van der Waals surface area contributed by atoms with Gasteiger partial charge in [-0.3, -0.25) is 10.1 Å². The van der Waals surface area contributed by atoms with Crippen LogP contribution in [0.25, 0.3) is 0 Å². The smallest absolute Gasteiger partial charge is 0.416 e. The zero-order valence-electron chi connectivity index (χ0n) is 19.3. The Bertz CT molecular complexity index is 1250. The van der Waals surface area contributed by atoms with E-state index in [0.717, 1.165) is 24.5 Å². The summed E-state index contributed by atoms with van der Waals surface area (Å²) in [6.45, 7) is 1.33. The van der Waals surface area contributed by atoms with Crippen molar-refractivity contribution in [1.29, 1.82) is 0 Å². The molecule has 0 saturated carbocycles. The van der Waals surface area contributed by atoms with Gasteiger partial charge in [-0.05, 0) is 19.1 Å². The maximum Gasteiger partial charge on any atom is 0.416 e. The first-order valence-corrected chi connectivity index (χ1v) is 11.1. The van der Waals surface area contributed by atoms with Crippen LogP contribution in [0.2, 0.25) is 0 Å². The minimum atomic E-state index is -4.60. The Morgan fingerprint density at radius 1 is 1.17 bits per heavy atom. The number of benzene rings is 2. The summed E-state index contributed by atoms with van der Waals surface area (Å²) in [4.78, 5) is 23.2. The summed E-state index contributed by atoms with van der Waals surface area (Å²) in [5.41, 5.74) is -1.22. The number of nitrogens with one attached hydrogen (secondary N) is 1. The Labute approximate surface area is 207 Å². The first-order valence-electron chi connectivity index (χ1n) is 10.3. The molecule has 1 atom stereocenters. The van der Waals surface area contributed by atoms with Crippen molar-refractivity contribution >= 4 is 33.7 Å². The molecule has 3 rings (SSSR count). The fourth-order valence-corrected chi connectivity index (χ4v) is 4.17. The molecular weight excluding hydrogens is 505 g/mol. The summed E-state index contributed by atoms with van der Waals surface area (Å²) in [5.74, 6) is -0.553. The monoisotopic (exact) mass is 526 g/mol. The largest absolute Gasteiger partial charge is 0.484 e. The maximum atomic E-state index is 13.5. The molecule has 0 aliphatic carbocycles. The fraction of sp³-hybridized carbons (Fsp3) is 0.261. The molecular formula is C23H21F3N2O7S. The molecule has 1 aromatic heterocycles. The molecule has 0 fully saturated rings. The van der Waals surface area contributed by atoms with Gasteiger partial charge in [0.1, 0.15) is 23.3 Å². The lowest BCUT2D eigenvalue weighted by molar-refractivity contribution is -0.383. The van der Waals surface area contributed by atoms with Crippen molar-refractivity contribution in [3.63, 3.8) is 0 Å². The molecule has 13 heteroatoms. The van der Waals surface area contributed by atoms with Gasteiger partial charge in [0, 0.05) is 30.9 Å². The summed E-state index contributed by atoms with van der Waals surface area (Å²) in [5, 5.41) is 14.6. The van der Waals surface area contributed by atoms with E-state index in [4.69, 9.17) is 18.9 Å². The normalized spacial score (nSPS) is 12.1. The predicted molar refractivity (Wildman–Crippen MR) is 125 cm³/mol. The molecule has 1 N–H and O–H groups in total. The third-order valence-electron chi connectivity index (χ3n) is 4.84. The fourth-order valence-electron chi connectivity index (χ4n) is 3.25. The Hall–Kier alpha value is -3.84. The van der Waals surface area contributed by atoms with Gasteiger partial charge in [-0.1, -0.05) is 18.2 Å². The number of anilines is 2. The quantitative estimate of drug-likeness (QED) is 0.141. The van der Waals surface area contributed by atoms with E-state index in [2.05, 4.69) is 5.32 Å². The number of carbonyl (C=O) groups excluding carboxylic acids is 1. The van der Waals surface area contributed by atoms with Crippen LogP contribution in [0.1, 0.15) is 33.8 Å². The number of hydrogen-bond acceptors (Lipinski definition) is 9. The molecule has 0 radical (unpaired) electrons. The van der Waals surface area contributed by atoms with Crippen LogP contribution < -0.4 is 14.8 Å². The Kier molecular flexibility index (Phi) is 8.37. The standard InChI is InChI=1S/C23H21F3N2O7S/c1-13(15-6-4-5-7-16(15)23(24,25)26)35-19-11-20(36-21(19)22(29)33-3)27-17-10-14(34-12-32-2)8-9-18(17)28(30)31/h4-11,13,27H,12H2,1-3H3. The van der Waals surface area contributed by atoms with E-state index >= 15 is 0 Å². The molecule has 3 aromatic rings. The van der Waals surface area contributed by atoms with Gasteiger partial charge in [-0.25, -0.2) is 4.79 Å². The third-order valence-corrected chi connectivity index (χ3v) is 5.85. The number of alkyl halides is 3. The van der Waals surface area contributed by atoms with Crippen molar-refractivity contribution in [1.82, 2.24) is 0 Å². The summed E-state index contributed by atoms with van der Waals surface area (Å²) >= 11 is 0.857. The minimum absolute atomic E-state index is 0.0363. The van der Waals surface area contributed by atoms with E-state index in [9.17, 15) is 28.1 Å². The molecule has 192 valence electrons. The SMILES string of the molecule is COCOc1ccc([N+](=O)[O-])c(Nc2cc(OC(C)c3ccccc3C(F)(F)F)c(C(=O)OC)s2)c1. The van der Waals surface area contributed by atoms with E-state index < -0.39 is 28.7 Å². The summed E-state index contributed by atoms with van der Waals surface area (Å²) in [7, 11) is 2.56. The highest BCUT2D eigenvalue weighted by atomic mass is 32.1. The minimum Gasteiger partial charge on any atom is -0.484 e. The average molecular weight is 526 g/mol. The molecule has 0 amide bonds. The molecule has 1 unspecified atom stereocenters. The van der Waals surface area contributed by atoms with Crippen LogP contribution in [0.5, 0.6) is 11.5 Å². The van der Waals surface area contributed by atoms with Gasteiger partial charge in [-0.2, -0.15) is 13.2 Å². The predicted octanol–water partition coefficient (Wildman–Crippen LogP) is 6.33. The number of rotatable bonds is 10. The van der Waals surface area contributed by atoms with Crippen molar-refractivity contribution in [3.8, 4) is 11.5 Å². The third kappa shape index (κ3) is 6.23. The van der Waals surface area contributed by atoms with Crippen molar-refractivity contribution in [2.45, 2.75) is 19.2 Å². The zero-order chi connectivity index (χ0) is 26.5. The van der Waals surface area contributed by atoms with Gasteiger partial charge in [-0.15, -0.1) is 11.3 Å². The molecule has 36 heavy (non-hydrogen) atoms. The highest BCUT2D eigenvalue weighted by Crippen LogP contribution is 2.41. The Morgan fingerprint density at radius 2 is 1.89 bits per heavy atom. The number of nitrogens with zero attached hydrogens (tertiary/aromatic N) is 1. The van der Waals surface area contributed by atoms with Crippen molar-refractivity contribution in [2.75, 3.05) is 26.3 Å². The summed E-state index contributed by atoms with van der Waals surface area (Å²) in [6.07, 6.45) is -5.69. The van der Waals surface area contributed by atoms with E-state index in [1.54, 1.807) is 0 Å². The van der Waals surface area contributed by atoms with E-state index in [-0.39, 0.29) is 45.1 Å². The van der Waals surface area contributed by atoms with Crippen molar-refractivity contribution < 1.29 is 41.8 Å². The summed E-state index contributed by atoms with van der Waals surface area (Å²) in [6, 6.07) is 10.3. The second-order valence-corrected chi connectivity index (χ2v) is 8.30. The highest BCUT2D eigenvalue weighted by Gasteiger charge is 2.35. The van der Waals surface area contributed by atoms with Crippen LogP contribution in [0, 0.1) is 10.1 Å². The molecule has 0 saturated heterocycles. The van der Waals surface area contributed by atoms with Crippen LogP contribution in [-0.4, -0.2) is 31.9 Å². The first-order chi connectivity index (χ1) is 17.0. The number of methoxy groups -OCH3 is 2. The second kappa shape index (κ2) is 11.3. The van der Waals surface area contributed by atoms with Gasteiger partial charge in [0.25, 0.3) is 5.69 Å². The molecule has 1 heterocycles. The van der Waals surface area contributed by atoms with Gasteiger partial charge in [0.05, 0.1) is 22.6 Å². The molecule has 9 nitrogen and oxygen atoms in total. The Morgan fingerprint density at radius 3 is 2.53 bits per heavy atom. The van der Waals surface area contributed by atoms with Crippen LogP contribution in [0.3, 0.4) is 0 Å². The topological polar surface area (TPSA) is 109 Å². The number of esters is 1. The Balaban J connectivity index is 1.96. The molecule has 0 aliphatic rings. The van der Waals surface area contributed by atoms with Gasteiger partial charge in [0.2, 0.25) is 0 Å². The zero-order valence-corrected chi connectivity index (χ0v) is 20.1. The first kappa shape index (κ1) is 26.8. The lowest BCUT2D eigenvalue weighted by Gasteiger charge is -2.19. The van der Waals surface area contributed by atoms with E-state index in [1.165, 1.54) is 56.5 Å². The number of thiophene rings is 1. The number of hydrogen-bond donors (Lipinski definition) is 1. The van der Waals surface area contributed by atoms with E-state index in [0.29, 0.717) is 0 Å². The molecule has 0 spiro atoms. The van der Waals surface area contributed by atoms with Crippen LogP contribution >= 0.6 is 11.3 Å². The van der Waals surface area contributed by atoms with E-state index in [1.807, 2.05) is 0 Å². The van der Waals surface area contributed by atoms with Gasteiger partial charge >= 0.3 is 12.1 Å². The van der Waals surface area contributed by atoms with Crippen LogP contribution in [-0.2, 0) is 15.7 Å². The molecule has 0 aliphatic heterocycles. The number of ether oxygens (including phenoxy) is 4. The van der Waals surface area contributed by atoms with Crippen molar-refractivity contribution in [3.05, 3.63) is 74.6 Å². The molecule has 0 bridgehead atoms. The molecule has 2 aromatic carbocycles. The van der Waals surface area contributed by atoms with Gasteiger partial charge < -0.3 is 24.3 Å². The average Bonchev–Trinajstić information content (AvgIpc) is 3.23. The van der Waals surface area contributed by atoms with Crippen molar-refractivity contribution in [2.24, 2.45) is 0 Å². The lowest BCUT2D eigenvalue weighted by atomic mass is 10.0. The number of carbonyl (C=O) groups is 1. The van der Waals surface area contributed by atoms with Crippen LogP contribution in [0.4, 0.5) is 29.5 Å². The van der Waals surface area contributed by atoms with Gasteiger partial charge in [0.15, 0.2) is 11.7 Å². The maximum absolute atomic E-state index is 13.5. The lowest BCUT2D eigenvalue weighted by Crippen LogP contribution is -2.14. The number of nitro groups is 1. The number of halogens is 3. The summed E-state index contributed by atoms with van der Waals surface area (Å²) < 4.78 is 61.1. The second-order valence-electron chi connectivity index (χ2n) is 7.25. The van der Waals surface area contributed by atoms with Crippen LogP contribution in [0.15, 0.2) is 48.5 Å². The highest BCUT2D eigenvalue weighted by molar-refractivity contribution is 7.18. The number of nitro benzene ring substituents is 1.